The van der Waals surface area contributed by atoms with E-state index in [1.807, 2.05) is 0 Å². The van der Waals surface area contributed by atoms with Crippen LogP contribution in [0.15, 0.2) is 28.7 Å². The van der Waals surface area contributed by atoms with Crippen molar-refractivity contribution in [3.63, 3.8) is 0 Å². The van der Waals surface area contributed by atoms with Gasteiger partial charge >= 0.3 is 0 Å². The van der Waals surface area contributed by atoms with E-state index in [2.05, 4.69) is 46.3 Å². The Labute approximate surface area is 75.1 Å². The number of hydrogen-bond donors (Lipinski definition) is 0. The summed E-state index contributed by atoms with van der Waals surface area (Å²) in [4.78, 5) is 0. The van der Waals surface area contributed by atoms with Crippen molar-refractivity contribution in [2.45, 2.75) is 12.8 Å². The maximum atomic E-state index is 3.46. The Morgan fingerprint density at radius 2 is 2.18 bits per heavy atom. The van der Waals surface area contributed by atoms with Gasteiger partial charge in [0.2, 0.25) is 0 Å². The van der Waals surface area contributed by atoms with E-state index in [1.165, 1.54) is 28.4 Å². The first-order valence-electron chi connectivity index (χ1n) is 3.81. The zero-order valence-corrected chi connectivity index (χ0v) is 7.76. The predicted molar refractivity (Wildman–Crippen MR) is 51.5 cm³/mol. The number of allylic oxidation sites excluding steroid dienone is 1. The lowest BCUT2D eigenvalue weighted by atomic mass is 9.98. The van der Waals surface area contributed by atoms with E-state index < -0.39 is 0 Å². The van der Waals surface area contributed by atoms with Crippen LogP contribution >= 0.6 is 15.9 Å². The second-order valence-electron chi connectivity index (χ2n) is 2.78. The van der Waals surface area contributed by atoms with E-state index in [0.717, 1.165) is 0 Å². The summed E-state index contributed by atoms with van der Waals surface area (Å²) in [5, 5.41) is 0. The van der Waals surface area contributed by atoms with Crippen LogP contribution in [0.2, 0.25) is 0 Å². The van der Waals surface area contributed by atoms with Gasteiger partial charge in [0.25, 0.3) is 0 Å². The fourth-order valence-corrected chi connectivity index (χ4v) is 1.78. The van der Waals surface area contributed by atoms with Crippen LogP contribution in [0.5, 0.6) is 0 Å². The fourth-order valence-electron chi connectivity index (χ4n) is 1.40. The Kier molecular flexibility index (Phi) is 1.82. The number of benzene rings is 1. The standard InChI is InChI=1S/C10H9Br/c11-10-6-5-8-3-1-2-4-9(8)7-10/h2,4-7H,1,3H2. The van der Waals surface area contributed by atoms with Gasteiger partial charge in [-0.05, 0) is 36.1 Å². The van der Waals surface area contributed by atoms with Crippen molar-refractivity contribution in [2.24, 2.45) is 0 Å². The SMILES string of the molecule is Brc1ccc2c(c1)C=CCC2. The molecule has 1 aromatic rings. The molecule has 0 atom stereocenters. The first-order valence-corrected chi connectivity index (χ1v) is 4.60. The van der Waals surface area contributed by atoms with Crippen LogP contribution < -0.4 is 0 Å². The van der Waals surface area contributed by atoms with Crippen molar-refractivity contribution in [2.75, 3.05) is 0 Å². The van der Waals surface area contributed by atoms with Crippen LogP contribution in [-0.4, -0.2) is 0 Å². The van der Waals surface area contributed by atoms with E-state index in [-0.39, 0.29) is 0 Å². The van der Waals surface area contributed by atoms with Gasteiger partial charge in [0.1, 0.15) is 0 Å². The molecule has 0 spiro atoms. The molecule has 11 heavy (non-hydrogen) atoms. The first-order chi connectivity index (χ1) is 5.36. The molecule has 0 unspecified atom stereocenters. The molecule has 1 aromatic carbocycles. The van der Waals surface area contributed by atoms with Crippen LogP contribution in [0.4, 0.5) is 0 Å². The van der Waals surface area contributed by atoms with Gasteiger partial charge in [-0.25, -0.2) is 0 Å². The van der Waals surface area contributed by atoms with E-state index in [1.54, 1.807) is 0 Å². The molecule has 1 heteroatoms. The highest BCUT2D eigenvalue weighted by atomic mass is 79.9. The molecule has 0 nitrogen and oxygen atoms in total. The molecule has 1 aliphatic carbocycles. The summed E-state index contributed by atoms with van der Waals surface area (Å²) < 4.78 is 1.17. The molecular formula is C10H9Br. The molecule has 0 heterocycles. The smallest absolute Gasteiger partial charge is 0.0181 e. The van der Waals surface area contributed by atoms with Crippen LogP contribution in [0.25, 0.3) is 6.08 Å². The molecule has 0 radical (unpaired) electrons. The highest BCUT2D eigenvalue weighted by molar-refractivity contribution is 9.10. The lowest BCUT2D eigenvalue weighted by molar-refractivity contribution is 0.985. The highest BCUT2D eigenvalue weighted by Crippen LogP contribution is 2.22. The quantitative estimate of drug-likeness (QED) is 0.614. The zero-order chi connectivity index (χ0) is 7.68. The van der Waals surface area contributed by atoms with Gasteiger partial charge in [-0.1, -0.05) is 34.1 Å². The normalized spacial score (nSPS) is 14.6. The van der Waals surface area contributed by atoms with Gasteiger partial charge in [-0.15, -0.1) is 0 Å². The highest BCUT2D eigenvalue weighted by Gasteiger charge is 2.02. The Hall–Kier alpha value is -0.560. The minimum Gasteiger partial charge on any atom is -0.0836 e. The number of rotatable bonds is 0. The number of aryl methyl sites for hydroxylation is 1. The van der Waals surface area contributed by atoms with E-state index >= 15 is 0 Å². The van der Waals surface area contributed by atoms with Crippen molar-refractivity contribution >= 4 is 22.0 Å². The summed E-state index contributed by atoms with van der Waals surface area (Å²) in [5.74, 6) is 0. The second kappa shape index (κ2) is 2.82. The topological polar surface area (TPSA) is 0 Å². The van der Waals surface area contributed by atoms with Crippen molar-refractivity contribution in [1.82, 2.24) is 0 Å². The average molecular weight is 209 g/mol. The number of hydrogen-bond acceptors (Lipinski definition) is 0. The largest absolute Gasteiger partial charge is 0.0836 e. The van der Waals surface area contributed by atoms with Gasteiger partial charge in [-0.2, -0.15) is 0 Å². The zero-order valence-electron chi connectivity index (χ0n) is 6.18. The number of halogens is 1. The summed E-state index contributed by atoms with van der Waals surface area (Å²) in [6.07, 6.45) is 6.81. The molecule has 0 saturated carbocycles. The summed E-state index contributed by atoms with van der Waals surface area (Å²) in [6.45, 7) is 0. The Morgan fingerprint density at radius 3 is 3.09 bits per heavy atom. The molecule has 0 amide bonds. The van der Waals surface area contributed by atoms with Crippen LogP contribution in [0.3, 0.4) is 0 Å². The minimum atomic E-state index is 1.17. The molecule has 2 rings (SSSR count). The lowest BCUT2D eigenvalue weighted by Gasteiger charge is -2.09. The molecule has 0 bridgehead atoms. The Balaban J connectivity index is 2.54. The van der Waals surface area contributed by atoms with E-state index in [4.69, 9.17) is 0 Å². The molecular weight excluding hydrogens is 200 g/mol. The van der Waals surface area contributed by atoms with E-state index in [0.29, 0.717) is 0 Å². The monoisotopic (exact) mass is 208 g/mol. The maximum absolute atomic E-state index is 3.46. The number of fused-ring (bicyclic) bond motifs is 1. The van der Waals surface area contributed by atoms with Crippen LogP contribution in [-0.2, 0) is 6.42 Å². The maximum Gasteiger partial charge on any atom is 0.0181 e. The van der Waals surface area contributed by atoms with Crippen molar-refractivity contribution in [1.29, 1.82) is 0 Å². The predicted octanol–water partition coefficient (Wildman–Crippen LogP) is 3.41. The van der Waals surface area contributed by atoms with Crippen molar-refractivity contribution in [3.8, 4) is 0 Å². The fraction of sp³-hybridized carbons (Fsp3) is 0.200. The first kappa shape index (κ1) is 7.11. The third kappa shape index (κ3) is 1.38. The van der Waals surface area contributed by atoms with Gasteiger partial charge in [0.15, 0.2) is 0 Å². The molecule has 1 aliphatic rings. The Morgan fingerprint density at radius 1 is 1.27 bits per heavy atom. The van der Waals surface area contributed by atoms with Gasteiger partial charge in [-0.3, -0.25) is 0 Å². The van der Waals surface area contributed by atoms with Crippen LogP contribution in [0, 0.1) is 0 Å². The molecule has 0 N–H and O–H groups in total. The van der Waals surface area contributed by atoms with Crippen molar-refractivity contribution < 1.29 is 0 Å². The average Bonchev–Trinajstić information content (AvgIpc) is 2.04. The third-order valence-corrected chi connectivity index (χ3v) is 2.48. The van der Waals surface area contributed by atoms with Gasteiger partial charge in [0.05, 0.1) is 0 Å². The third-order valence-electron chi connectivity index (χ3n) is 1.99. The molecule has 0 aliphatic heterocycles. The van der Waals surface area contributed by atoms with Gasteiger partial charge < -0.3 is 0 Å². The molecule has 56 valence electrons. The summed E-state index contributed by atoms with van der Waals surface area (Å²) in [5.41, 5.74) is 2.83. The molecule has 0 aromatic heterocycles. The summed E-state index contributed by atoms with van der Waals surface area (Å²) >= 11 is 3.46. The van der Waals surface area contributed by atoms with Crippen molar-refractivity contribution in [3.05, 3.63) is 39.9 Å². The molecule has 0 fully saturated rings. The van der Waals surface area contributed by atoms with Gasteiger partial charge in [0, 0.05) is 4.47 Å². The van der Waals surface area contributed by atoms with E-state index in [9.17, 15) is 0 Å². The second-order valence-corrected chi connectivity index (χ2v) is 3.70. The lowest BCUT2D eigenvalue weighted by Crippen LogP contribution is -1.92. The van der Waals surface area contributed by atoms with Crippen LogP contribution in [0.1, 0.15) is 17.5 Å². The summed E-state index contributed by atoms with van der Waals surface area (Å²) in [7, 11) is 0. The summed E-state index contributed by atoms with van der Waals surface area (Å²) in [6, 6.07) is 6.48. The molecule has 0 saturated heterocycles. The minimum absolute atomic E-state index is 1.17. The Bertz CT molecular complexity index is 300.